The first-order chi connectivity index (χ1) is 13.1. The minimum atomic E-state index is -1.06. The number of morpholine rings is 1. The van der Waals surface area contributed by atoms with Crippen LogP contribution in [0.1, 0.15) is 29.3 Å². The van der Waals surface area contributed by atoms with E-state index in [0.717, 1.165) is 18.8 Å². The van der Waals surface area contributed by atoms with Gasteiger partial charge < -0.3 is 30.2 Å². The first-order valence-corrected chi connectivity index (χ1v) is 9.47. The molecule has 2 heterocycles. The highest BCUT2D eigenvalue weighted by atomic mass is 19.1. The molecule has 0 radical (unpaired) electrons. The molecule has 2 aliphatic heterocycles. The van der Waals surface area contributed by atoms with Crippen molar-refractivity contribution < 1.29 is 23.4 Å². The number of hydrogen-bond donors (Lipinski definition) is 2. The molecule has 0 saturated carbocycles. The van der Waals surface area contributed by atoms with Crippen molar-refractivity contribution in [2.75, 3.05) is 56.8 Å². The van der Waals surface area contributed by atoms with E-state index in [9.17, 15) is 9.18 Å². The van der Waals surface area contributed by atoms with Crippen LogP contribution in [-0.2, 0) is 20.8 Å². The molecule has 2 fully saturated rings. The standard InChI is InChI=1S/C19H28FN3O4/c1-2-27-19(24)14-10-18(23-4-7-25-8-5-23)16(21)9-13(14)11-22-17-3-6-26-12-15(17)20/h9-10,15,17,22H,2-8,11-12,21H2,1H3/t15?,17-/m0/s1. The van der Waals surface area contributed by atoms with E-state index in [1.807, 2.05) is 0 Å². The third kappa shape index (κ3) is 4.88. The van der Waals surface area contributed by atoms with Gasteiger partial charge in [-0.2, -0.15) is 0 Å². The minimum Gasteiger partial charge on any atom is -0.462 e. The van der Waals surface area contributed by atoms with Crippen molar-refractivity contribution >= 4 is 17.3 Å². The number of nitrogen functional groups attached to an aromatic ring is 1. The van der Waals surface area contributed by atoms with Gasteiger partial charge >= 0.3 is 5.97 Å². The topological polar surface area (TPSA) is 86.0 Å². The maximum atomic E-state index is 14.0. The van der Waals surface area contributed by atoms with Crippen LogP contribution in [0.2, 0.25) is 0 Å². The Labute approximate surface area is 158 Å². The highest BCUT2D eigenvalue weighted by Gasteiger charge is 2.26. The summed E-state index contributed by atoms with van der Waals surface area (Å²) < 4.78 is 29.7. The van der Waals surface area contributed by atoms with Gasteiger partial charge in [0.05, 0.1) is 43.4 Å². The highest BCUT2D eigenvalue weighted by molar-refractivity contribution is 5.94. The Balaban J connectivity index is 1.82. The average Bonchev–Trinajstić information content (AvgIpc) is 2.68. The predicted octanol–water partition coefficient (Wildman–Crippen LogP) is 1.50. The van der Waals surface area contributed by atoms with E-state index in [1.54, 1.807) is 19.1 Å². The number of nitrogens with one attached hydrogen (secondary N) is 1. The molecule has 7 nitrogen and oxygen atoms in total. The number of nitrogens with zero attached hydrogens (tertiary/aromatic N) is 1. The first kappa shape index (κ1) is 19.9. The largest absolute Gasteiger partial charge is 0.462 e. The Kier molecular flexibility index (Phi) is 6.87. The summed E-state index contributed by atoms with van der Waals surface area (Å²) in [6.07, 6.45) is -0.466. The number of benzene rings is 1. The van der Waals surface area contributed by atoms with Crippen LogP contribution in [0, 0.1) is 0 Å². The van der Waals surface area contributed by atoms with Crippen molar-refractivity contribution in [3.05, 3.63) is 23.3 Å². The van der Waals surface area contributed by atoms with E-state index in [1.165, 1.54) is 0 Å². The second-order valence-corrected chi connectivity index (χ2v) is 6.76. The van der Waals surface area contributed by atoms with Crippen molar-refractivity contribution in [2.45, 2.75) is 32.1 Å². The molecule has 150 valence electrons. The van der Waals surface area contributed by atoms with Crippen LogP contribution in [0.15, 0.2) is 12.1 Å². The number of anilines is 2. The molecule has 0 bridgehead atoms. The van der Waals surface area contributed by atoms with Gasteiger partial charge in [0, 0.05) is 32.3 Å². The zero-order valence-electron chi connectivity index (χ0n) is 15.7. The van der Waals surface area contributed by atoms with Crippen molar-refractivity contribution in [1.29, 1.82) is 0 Å². The summed E-state index contributed by atoms with van der Waals surface area (Å²) in [5.41, 5.74) is 8.84. The number of hydrogen-bond acceptors (Lipinski definition) is 7. The summed E-state index contributed by atoms with van der Waals surface area (Å²) in [4.78, 5) is 14.6. The van der Waals surface area contributed by atoms with Gasteiger partial charge in [-0.3, -0.25) is 0 Å². The number of alkyl halides is 1. The Hall–Kier alpha value is -1.90. The number of carbonyl (C=O) groups is 1. The van der Waals surface area contributed by atoms with E-state index in [4.69, 9.17) is 19.9 Å². The molecule has 0 spiro atoms. The number of rotatable bonds is 6. The van der Waals surface area contributed by atoms with Crippen LogP contribution < -0.4 is 16.0 Å². The Morgan fingerprint density at radius 3 is 2.81 bits per heavy atom. The van der Waals surface area contributed by atoms with Gasteiger partial charge in [0.25, 0.3) is 0 Å². The fourth-order valence-electron chi connectivity index (χ4n) is 3.45. The minimum absolute atomic E-state index is 0.0977. The zero-order chi connectivity index (χ0) is 19.2. The van der Waals surface area contributed by atoms with Crippen LogP contribution in [0.4, 0.5) is 15.8 Å². The number of nitrogens with two attached hydrogens (primary N) is 1. The lowest BCUT2D eigenvalue weighted by Crippen LogP contribution is -2.44. The van der Waals surface area contributed by atoms with E-state index in [0.29, 0.717) is 49.6 Å². The zero-order valence-corrected chi connectivity index (χ0v) is 15.7. The number of esters is 1. The summed E-state index contributed by atoms with van der Waals surface area (Å²) >= 11 is 0. The van der Waals surface area contributed by atoms with Gasteiger partial charge in [-0.1, -0.05) is 0 Å². The Morgan fingerprint density at radius 1 is 1.33 bits per heavy atom. The molecule has 0 aromatic heterocycles. The lowest BCUT2D eigenvalue weighted by atomic mass is 10.0. The van der Waals surface area contributed by atoms with Gasteiger partial charge in [-0.15, -0.1) is 0 Å². The van der Waals surface area contributed by atoms with Gasteiger partial charge in [-0.05, 0) is 31.0 Å². The van der Waals surface area contributed by atoms with Crippen molar-refractivity contribution in [3.63, 3.8) is 0 Å². The van der Waals surface area contributed by atoms with Gasteiger partial charge in [0.2, 0.25) is 0 Å². The van der Waals surface area contributed by atoms with Crippen molar-refractivity contribution in [2.24, 2.45) is 0 Å². The highest BCUT2D eigenvalue weighted by Crippen LogP contribution is 2.29. The smallest absolute Gasteiger partial charge is 0.338 e. The molecule has 8 heteroatoms. The number of carbonyl (C=O) groups excluding carboxylic acids is 1. The van der Waals surface area contributed by atoms with Crippen LogP contribution in [0.25, 0.3) is 0 Å². The second kappa shape index (κ2) is 9.34. The molecular weight excluding hydrogens is 353 g/mol. The first-order valence-electron chi connectivity index (χ1n) is 9.47. The van der Waals surface area contributed by atoms with Gasteiger partial charge in [0.1, 0.15) is 6.17 Å². The molecule has 3 N–H and O–H groups in total. The summed E-state index contributed by atoms with van der Waals surface area (Å²) in [7, 11) is 0. The van der Waals surface area contributed by atoms with E-state index >= 15 is 0 Å². The molecule has 3 rings (SSSR count). The molecule has 0 aliphatic carbocycles. The Morgan fingerprint density at radius 2 is 2.11 bits per heavy atom. The summed E-state index contributed by atoms with van der Waals surface area (Å²) in [6, 6.07) is 3.28. The lowest BCUT2D eigenvalue weighted by molar-refractivity contribution is 0.0135. The summed E-state index contributed by atoms with van der Waals surface area (Å²) in [5.74, 6) is -0.396. The van der Waals surface area contributed by atoms with Crippen LogP contribution in [-0.4, -0.2) is 64.3 Å². The fourth-order valence-corrected chi connectivity index (χ4v) is 3.45. The molecule has 2 atom stereocenters. The molecule has 0 amide bonds. The quantitative estimate of drug-likeness (QED) is 0.570. The number of halogens is 1. The Bertz CT molecular complexity index is 652. The third-order valence-corrected chi connectivity index (χ3v) is 4.94. The molecular formula is C19H28FN3O4. The van der Waals surface area contributed by atoms with Crippen LogP contribution in [0.3, 0.4) is 0 Å². The maximum absolute atomic E-state index is 14.0. The van der Waals surface area contributed by atoms with Gasteiger partial charge in [0.15, 0.2) is 0 Å². The normalized spacial score (nSPS) is 23.3. The predicted molar refractivity (Wildman–Crippen MR) is 101 cm³/mol. The molecule has 1 aromatic rings. The third-order valence-electron chi connectivity index (χ3n) is 4.94. The molecule has 27 heavy (non-hydrogen) atoms. The molecule has 2 saturated heterocycles. The van der Waals surface area contributed by atoms with E-state index < -0.39 is 12.1 Å². The monoisotopic (exact) mass is 381 g/mol. The fraction of sp³-hybridized carbons (Fsp3) is 0.632. The van der Waals surface area contributed by atoms with Crippen molar-refractivity contribution in [3.8, 4) is 0 Å². The van der Waals surface area contributed by atoms with E-state index in [-0.39, 0.29) is 19.3 Å². The van der Waals surface area contributed by atoms with Crippen LogP contribution in [0.5, 0.6) is 0 Å². The molecule has 2 aliphatic rings. The van der Waals surface area contributed by atoms with Crippen molar-refractivity contribution in [1.82, 2.24) is 5.32 Å². The van der Waals surface area contributed by atoms with E-state index in [2.05, 4.69) is 10.2 Å². The summed E-state index contributed by atoms with van der Waals surface area (Å²) in [6.45, 7) is 5.71. The lowest BCUT2D eigenvalue weighted by Gasteiger charge is -2.31. The molecule has 1 unspecified atom stereocenters. The van der Waals surface area contributed by atoms with Crippen LogP contribution >= 0.6 is 0 Å². The number of ether oxygens (including phenoxy) is 3. The average molecular weight is 381 g/mol. The second-order valence-electron chi connectivity index (χ2n) is 6.76. The maximum Gasteiger partial charge on any atom is 0.338 e. The molecule has 1 aromatic carbocycles. The summed E-state index contributed by atoms with van der Waals surface area (Å²) in [5, 5.41) is 3.20. The van der Waals surface area contributed by atoms with Gasteiger partial charge in [-0.25, -0.2) is 9.18 Å². The SMILES string of the molecule is CCOC(=O)c1cc(N2CCOCC2)c(N)cc1CN[C@H]1CCOCC1F.